The molecule has 2 heterocycles. The minimum absolute atomic E-state index is 0.416. The molecule has 5 nitrogen and oxygen atoms in total. The Kier molecular flexibility index (Phi) is 2.69. The van der Waals surface area contributed by atoms with E-state index in [2.05, 4.69) is 27.3 Å². The predicted molar refractivity (Wildman–Crippen MR) is 71.4 cm³/mol. The van der Waals surface area contributed by atoms with Crippen LogP contribution in [0.4, 0.5) is 5.82 Å². The normalized spacial score (nSPS) is 18.3. The van der Waals surface area contributed by atoms with Gasteiger partial charge in [0.05, 0.1) is 11.6 Å². The highest BCUT2D eigenvalue weighted by atomic mass is 15.3. The largest absolute Gasteiger partial charge is 0.369 e. The fraction of sp³-hybridized carbons (Fsp3) is 0.615. The van der Waals surface area contributed by atoms with Crippen LogP contribution in [0.5, 0.6) is 0 Å². The molecule has 0 aromatic carbocycles. The van der Waals surface area contributed by atoms with Gasteiger partial charge in [-0.2, -0.15) is 5.10 Å². The Labute approximate surface area is 107 Å². The van der Waals surface area contributed by atoms with Gasteiger partial charge in [0, 0.05) is 13.6 Å². The molecule has 3 rings (SSSR count). The summed E-state index contributed by atoms with van der Waals surface area (Å²) in [5.41, 5.74) is 1.29. The van der Waals surface area contributed by atoms with Gasteiger partial charge in [-0.3, -0.25) is 4.68 Å². The number of hydrogen-bond donors (Lipinski definition) is 1. The molecule has 2 aromatic heterocycles. The van der Waals surface area contributed by atoms with Crippen molar-refractivity contribution in [1.82, 2.24) is 19.7 Å². The van der Waals surface area contributed by atoms with Crippen molar-refractivity contribution in [1.29, 1.82) is 0 Å². The van der Waals surface area contributed by atoms with Crippen molar-refractivity contribution in [2.24, 2.45) is 12.5 Å². The first-order chi connectivity index (χ1) is 8.68. The van der Waals surface area contributed by atoms with Crippen LogP contribution >= 0.6 is 0 Å². The Bertz CT molecular complexity index is 554. The highest BCUT2D eigenvalue weighted by molar-refractivity contribution is 5.85. The molecular weight excluding hydrogens is 226 g/mol. The summed E-state index contributed by atoms with van der Waals surface area (Å²) in [6.07, 6.45) is 8.75. The van der Waals surface area contributed by atoms with Crippen LogP contribution in [-0.2, 0) is 7.05 Å². The van der Waals surface area contributed by atoms with E-state index in [0.29, 0.717) is 5.41 Å². The summed E-state index contributed by atoms with van der Waals surface area (Å²) in [7, 11) is 1.90. The molecule has 2 aromatic rings. The molecule has 0 saturated heterocycles. The quantitative estimate of drug-likeness (QED) is 0.902. The first-order valence-corrected chi connectivity index (χ1v) is 6.55. The first kappa shape index (κ1) is 11.4. The average Bonchev–Trinajstić information content (AvgIpc) is 2.96. The lowest BCUT2D eigenvalue weighted by molar-refractivity contribution is 0.362. The summed E-state index contributed by atoms with van der Waals surface area (Å²) in [5, 5.41) is 8.71. The highest BCUT2D eigenvalue weighted by Crippen LogP contribution is 2.37. The third-order valence-corrected chi connectivity index (χ3v) is 4.02. The van der Waals surface area contributed by atoms with E-state index in [1.54, 1.807) is 11.0 Å². The van der Waals surface area contributed by atoms with Crippen molar-refractivity contribution in [3.05, 3.63) is 12.5 Å². The van der Waals surface area contributed by atoms with Crippen LogP contribution in [0.15, 0.2) is 12.5 Å². The molecule has 0 radical (unpaired) electrons. The van der Waals surface area contributed by atoms with E-state index in [1.165, 1.54) is 25.7 Å². The van der Waals surface area contributed by atoms with Crippen LogP contribution in [0.3, 0.4) is 0 Å². The second kappa shape index (κ2) is 4.23. The van der Waals surface area contributed by atoms with Crippen LogP contribution in [-0.4, -0.2) is 26.3 Å². The number of aromatic nitrogens is 4. The molecule has 18 heavy (non-hydrogen) atoms. The number of rotatable bonds is 3. The van der Waals surface area contributed by atoms with Crippen molar-refractivity contribution >= 4 is 16.9 Å². The van der Waals surface area contributed by atoms with Gasteiger partial charge in [-0.15, -0.1) is 0 Å². The molecule has 0 spiro atoms. The number of anilines is 1. The van der Waals surface area contributed by atoms with Gasteiger partial charge in [-0.25, -0.2) is 9.97 Å². The van der Waals surface area contributed by atoms with E-state index in [9.17, 15) is 0 Å². The van der Waals surface area contributed by atoms with E-state index in [1.807, 2.05) is 13.2 Å². The molecule has 0 bridgehead atoms. The van der Waals surface area contributed by atoms with Crippen molar-refractivity contribution in [2.45, 2.75) is 32.6 Å². The van der Waals surface area contributed by atoms with Crippen molar-refractivity contribution in [3.63, 3.8) is 0 Å². The van der Waals surface area contributed by atoms with Crippen LogP contribution in [0.2, 0.25) is 0 Å². The molecule has 1 aliphatic carbocycles. The summed E-state index contributed by atoms with van der Waals surface area (Å²) < 4.78 is 1.78. The van der Waals surface area contributed by atoms with Gasteiger partial charge in [0.1, 0.15) is 12.1 Å². The van der Waals surface area contributed by atoms with E-state index in [4.69, 9.17) is 0 Å². The van der Waals surface area contributed by atoms with E-state index in [-0.39, 0.29) is 0 Å². The van der Waals surface area contributed by atoms with Gasteiger partial charge in [0.2, 0.25) is 0 Å². The zero-order valence-electron chi connectivity index (χ0n) is 11.0. The number of aryl methyl sites for hydroxylation is 1. The molecule has 1 saturated carbocycles. The summed E-state index contributed by atoms with van der Waals surface area (Å²) in [5.74, 6) is 0.904. The maximum atomic E-state index is 4.34. The minimum atomic E-state index is 0.416. The lowest BCUT2D eigenvalue weighted by Gasteiger charge is -2.24. The molecule has 0 unspecified atom stereocenters. The van der Waals surface area contributed by atoms with Crippen LogP contribution in [0, 0.1) is 5.41 Å². The molecular formula is C13H19N5. The van der Waals surface area contributed by atoms with Gasteiger partial charge in [0.25, 0.3) is 0 Å². The average molecular weight is 245 g/mol. The molecule has 0 atom stereocenters. The molecule has 5 heteroatoms. The van der Waals surface area contributed by atoms with Gasteiger partial charge in [-0.05, 0) is 18.3 Å². The second-order valence-electron chi connectivity index (χ2n) is 5.60. The number of hydrogen-bond acceptors (Lipinski definition) is 4. The zero-order chi connectivity index (χ0) is 12.6. The van der Waals surface area contributed by atoms with E-state index in [0.717, 1.165) is 23.4 Å². The zero-order valence-corrected chi connectivity index (χ0v) is 11.0. The monoisotopic (exact) mass is 245 g/mol. The molecule has 0 aliphatic heterocycles. The van der Waals surface area contributed by atoms with Gasteiger partial charge >= 0.3 is 0 Å². The maximum absolute atomic E-state index is 4.34. The van der Waals surface area contributed by atoms with E-state index < -0.39 is 0 Å². The minimum Gasteiger partial charge on any atom is -0.369 e. The van der Waals surface area contributed by atoms with Crippen LogP contribution in [0.1, 0.15) is 32.6 Å². The fourth-order valence-corrected chi connectivity index (χ4v) is 2.81. The van der Waals surface area contributed by atoms with Crippen molar-refractivity contribution < 1.29 is 0 Å². The van der Waals surface area contributed by atoms with Crippen LogP contribution < -0.4 is 5.32 Å². The standard InChI is InChI=1S/C13H19N5/c1-13(5-3-4-6-13)8-14-11-10-7-17-18(2)12(10)16-9-15-11/h7,9H,3-6,8H2,1-2H3,(H,14,15,16). The summed E-state index contributed by atoms with van der Waals surface area (Å²) in [4.78, 5) is 8.58. The third kappa shape index (κ3) is 1.94. The third-order valence-electron chi connectivity index (χ3n) is 4.02. The summed E-state index contributed by atoms with van der Waals surface area (Å²) in [6, 6.07) is 0. The Balaban J connectivity index is 1.82. The van der Waals surface area contributed by atoms with Crippen molar-refractivity contribution in [3.8, 4) is 0 Å². The summed E-state index contributed by atoms with van der Waals surface area (Å²) >= 11 is 0. The maximum Gasteiger partial charge on any atom is 0.163 e. The van der Waals surface area contributed by atoms with Gasteiger partial charge in [-0.1, -0.05) is 19.8 Å². The van der Waals surface area contributed by atoms with Gasteiger partial charge in [0.15, 0.2) is 5.65 Å². The van der Waals surface area contributed by atoms with Crippen molar-refractivity contribution in [2.75, 3.05) is 11.9 Å². The van der Waals surface area contributed by atoms with E-state index >= 15 is 0 Å². The Morgan fingerprint density at radius 1 is 1.33 bits per heavy atom. The molecule has 1 N–H and O–H groups in total. The predicted octanol–water partition coefficient (Wildman–Crippen LogP) is 2.36. The molecule has 96 valence electrons. The summed E-state index contributed by atoms with van der Waals surface area (Å²) in [6.45, 7) is 3.34. The number of nitrogens with one attached hydrogen (secondary N) is 1. The smallest absolute Gasteiger partial charge is 0.163 e. The first-order valence-electron chi connectivity index (χ1n) is 6.55. The SMILES string of the molecule is Cn1ncc2c(NCC3(C)CCCC3)ncnc21. The Morgan fingerprint density at radius 3 is 2.89 bits per heavy atom. The molecule has 0 amide bonds. The van der Waals surface area contributed by atoms with Crippen LogP contribution in [0.25, 0.3) is 11.0 Å². The highest BCUT2D eigenvalue weighted by Gasteiger charge is 2.28. The Morgan fingerprint density at radius 2 is 2.11 bits per heavy atom. The Hall–Kier alpha value is -1.65. The second-order valence-corrected chi connectivity index (χ2v) is 5.60. The lowest BCUT2D eigenvalue weighted by atomic mass is 9.89. The molecule has 1 aliphatic rings. The lowest BCUT2D eigenvalue weighted by Crippen LogP contribution is -2.23. The fourth-order valence-electron chi connectivity index (χ4n) is 2.81. The molecule has 1 fully saturated rings. The number of nitrogens with zero attached hydrogens (tertiary/aromatic N) is 4. The number of fused-ring (bicyclic) bond motifs is 1. The van der Waals surface area contributed by atoms with Gasteiger partial charge < -0.3 is 5.32 Å². The topological polar surface area (TPSA) is 55.6 Å².